The monoisotopic (exact) mass is 286 g/mol. The maximum absolute atomic E-state index is 12.4. The average Bonchev–Trinajstić information content (AvgIpc) is 3.19. The Bertz CT molecular complexity index is 368. The number of aliphatic carboxylic acids is 1. The van der Waals surface area contributed by atoms with Crippen LogP contribution in [0.3, 0.4) is 0 Å². The van der Waals surface area contributed by atoms with Crippen molar-refractivity contribution >= 4 is 18.0 Å². The number of hydrogen-bond donors (Lipinski definition) is 1. The number of esters is 1. The van der Waals surface area contributed by atoms with Crippen LogP contribution in [0.1, 0.15) is 33.1 Å². The van der Waals surface area contributed by atoms with E-state index in [1.54, 1.807) is 6.92 Å². The van der Waals surface area contributed by atoms with Crippen molar-refractivity contribution in [3.05, 3.63) is 0 Å². The van der Waals surface area contributed by atoms with Gasteiger partial charge in [0.25, 0.3) is 0 Å². The van der Waals surface area contributed by atoms with Crippen LogP contribution in [0.4, 0.5) is 4.79 Å². The molecule has 2 amide bonds. The Morgan fingerprint density at radius 1 is 1.20 bits per heavy atom. The maximum Gasteiger partial charge on any atom is 0.325 e. The summed E-state index contributed by atoms with van der Waals surface area (Å²) in [5.41, 5.74) is 0. The smallest absolute Gasteiger partial charge is 0.325 e. The van der Waals surface area contributed by atoms with Gasteiger partial charge in [-0.2, -0.15) is 0 Å². The van der Waals surface area contributed by atoms with Crippen molar-refractivity contribution in [2.24, 2.45) is 0 Å². The van der Waals surface area contributed by atoms with Gasteiger partial charge >= 0.3 is 18.0 Å². The Balaban J connectivity index is 2.69. The van der Waals surface area contributed by atoms with Gasteiger partial charge in [-0.3, -0.25) is 9.59 Å². The first-order chi connectivity index (χ1) is 9.49. The third-order valence-corrected chi connectivity index (χ3v) is 2.93. The first kappa shape index (κ1) is 16.3. The van der Waals surface area contributed by atoms with Crippen molar-refractivity contribution in [1.82, 2.24) is 9.80 Å². The van der Waals surface area contributed by atoms with E-state index in [-0.39, 0.29) is 25.7 Å². The van der Waals surface area contributed by atoms with Crippen molar-refractivity contribution in [2.45, 2.75) is 39.2 Å². The lowest BCUT2D eigenvalue weighted by Crippen LogP contribution is -2.48. The number of carboxylic acid groups (broad SMARTS) is 1. The fraction of sp³-hybridized carbons (Fsp3) is 0.769. The lowest BCUT2D eigenvalue weighted by molar-refractivity contribution is -0.143. The van der Waals surface area contributed by atoms with Gasteiger partial charge in [0.1, 0.15) is 13.1 Å². The zero-order valence-corrected chi connectivity index (χ0v) is 12.0. The molecule has 1 N–H and O–H groups in total. The fourth-order valence-electron chi connectivity index (χ4n) is 1.94. The van der Waals surface area contributed by atoms with Crippen LogP contribution in [0.2, 0.25) is 0 Å². The van der Waals surface area contributed by atoms with Crippen LogP contribution in [0, 0.1) is 0 Å². The summed E-state index contributed by atoms with van der Waals surface area (Å²) in [4.78, 5) is 37.4. The van der Waals surface area contributed by atoms with E-state index in [4.69, 9.17) is 9.84 Å². The lowest BCUT2D eigenvalue weighted by Gasteiger charge is -2.29. The predicted molar refractivity (Wildman–Crippen MR) is 71.3 cm³/mol. The first-order valence-corrected chi connectivity index (χ1v) is 6.92. The fourth-order valence-corrected chi connectivity index (χ4v) is 1.94. The van der Waals surface area contributed by atoms with Crippen LogP contribution >= 0.6 is 0 Å². The van der Waals surface area contributed by atoms with Crippen molar-refractivity contribution < 1.29 is 24.2 Å². The van der Waals surface area contributed by atoms with Crippen molar-refractivity contribution in [1.29, 1.82) is 0 Å². The number of carboxylic acids is 1. The van der Waals surface area contributed by atoms with E-state index in [0.717, 1.165) is 12.8 Å². The maximum atomic E-state index is 12.4. The molecule has 1 aliphatic carbocycles. The van der Waals surface area contributed by atoms with Crippen molar-refractivity contribution in [2.75, 3.05) is 26.2 Å². The zero-order chi connectivity index (χ0) is 15.1. The highest BCUT2D eigenvalue weighted by molar-refractivity contribution is 5.84. The number of carbonyl (C=O) groups is 3. The van der Waals surface area contributed by atoms with Gasteiger partial charge in [0, 0.05) is 12.6 Å². The molecule has 0 heterocycles. The number of urea groups is 1. The summed E-state index contributed by atoms with van der Waals surface area (Å²) >= 11 is 0. The normalized spacial score (nSPS) is 13.7. The lowest BCUT2D eigenvalue weighted by atomic mass is 10.4. The number of amides is 2. The molecule has 0 aromatic heterocycles. The molecule has 0 unspecified atom stereocenters. The number of rotatable bonds is 8. The molecular weight excluding hydrogens is 264 g/mol. The van der Waals surface area contributed by atoms with E-state index >= 15 is 0 Å². The Hall–Kier alpha value is -1.79. The van der Waals surface area contributed by atoms with Crippen LogP contribution in [-0.4, -0.2) is 65.2 Å². The highest BCUT2D eigenvalue weighted by Crippen LogP contribution is 2.27. The summed E-state index contributed by atoms with van der Waals surface area (Å²) in [6.07, 6.45) is 2.33. The first-order valence-electron chi connectivity index (χ1n) is 6.92. The quantitative estimate of drug-likeness (QED) is 0.671. The second kappa shape index (κ2) is 7.72. The molecule has 0 saturated heterocycles. The molecule has 7 nitrogen and oxygen atoms in total. The second-order valence-electron chi connectivity index (χ2n) is 4.76. The molecule has 1 rings (SSSR count). The van der Waals surface area contributed by atoms with Gasteiger partial charge in [-0.15, -0.1) is 0 Å². The van der Waals surface area contributed by atoms with Gasteiger partial charge in [-0.05, 0) is 26.2 Å². The molecule has 0 spiro atoms. The highest BCUT2D eigenvalue weighted by atomic mass is 16.5. The molecule has 0 atom stereocenters. The molecule has 1 fully saturated rings. The molecule has 114 valence electrons. The number of carbonyl (C=O) groups excluding carboxylic acids is 2. The predicted octanol–water partition coefficient (Wildman–Crippen LogP) is 0.930. The topological polar surface area (TPSA) is 87.2 Å². The minimum atomic E-state index is -1.04. The molecular formula is C13H22N2O5. The highest BCUT2D eigenvalue weighted by Gasteiger charge is 2.36. The minimum Gasteiger partial charge on any atom is -0.480 e. The largest absolute Gasteiger partial charge is 0.480 e. The van der Waals surface area contributed by atoms with Gasteiger partial charge in [-0.25, -0.2) is 4.79 Å². The third kappa shape index (κ3) is 5.07. The van der Waals surface area contributed by atoms with Crippen molar-refractivity contribution in [3.8, 4) is 0 Å². The van der Waals surface area contributed by atoms with E-state index in [9.17, 15) is 14.4 Å². The Morgan fingerprint density at radius 2 is 1.85 bits per heavy atom. The Morgan fingerprint density at radius 3 is 2.30 bits per heavy atom. The van der Waals surface area contributed by atoms with Gasteiger partial charge < -0.3 is 19.6 Å². The van der Waals surface area contributed by atoms with E-state index in [2.05, 4.69) is 0 Å². The standard InChI is InChI=1S/C13H22N2O5/c1-3-7-14(9-12(18)20-4-2)13(19)15(8-11(16)17)10-5-6-10/h10H,3-9H2,1-2H3,(H,16,17). The minimum absolute atomic E-state index is 0.0137. The summed E-state index contributed by atoms with van der Waals surface area (Å²) in [5, 5.41) is 8.88. The summed E-state index contributed by atoms with van der Waals surface area (Å²) in [5.74, 6) is -1.52. The van der Waals surface area contributed by atoms with Crippen LogP contribution in [0.25, 0.3) is 0 Å². The molecule has 0 aromatic rings. The van der Waals surface area contributed by atoms with Gasteiger partial charge in [0.15, 0.2) is 0 Å². The SMILES string of the molecule is CCCN(CC(=O)OCC)C(=O)N(CC(=O)O)C1CC1. The van der Waals surface area contributed by atoms with E-state index in [1.807, 2.05) is 6.92 Å². The molecule has 1 aliphatic rings. The van der Waals surface area contributed by atoms with Crippen molar-refractivity contribution in [3.63, 3.8) is 0 Å². The second-order valence-corrected chi connectivity index (χ2v) is 4.76. The zero-order valence-electron chi connectivity index (χ0n) is 12.0. The van der Waals surface area contributed by atoms with Crippen LogP contribution in [-0.2, 0) is 14.3 Å². The summed E-state index contributed by atoms with van der Waals surface area (Å²) in [6, 6.07) is -0.412. The van der Waals surface area contributed by atoms with Gasteiger partial charge in [-0.1, -0.05) is 6.92 Å². The van der Waals surface area contributed by atoms with E-state index < -0.39 is 18.0 Å². The van der Waals surface area contributed by atoms with E-state index in [0.29, 0.717) is 13.0 Å². The Kier molecular flexibility index (Phi) is 6.27. The average molecular weight is 286 g/mol. The van der Waals surface area contributed by atoms with Crippen LogP contribution in [0.5, 0.6) is 0 Å². The molecule has 0 radical (unpaired) electrons. The van der Waals surface area contributed by atoms with Gasteiger partial charge in [0.05, 0.1) is 6.61 Å². The number of ether oxygens (including phenoxy) is 1. The molecule has 0 bridgehead atoms. The summed E-state index contributed by atoms with van der Waals surface area (Å²) < 4.78 is 4.84. The number of hydrogen-bond acceptors (Lipinski definition) is 4. The molecule has 0 aliphatic heterocycles. The van der Waals surface area contributed by atoms with Crippen LogP contribution < -0.4 is 0 Å². The third-order valence-electron chi connectivity index (χ3n) is 2.93. The molecule has 0 aromatic carbocycles. The molecule has 1 saturated carbocycles. The molecule has 20 heavy (non-hydrogen) atoms. The Labute approximate surface area is 118 Å². The summed E-state index contributed by atoms with van der Waals surface area (Å²) in [6.45, 7) is 3.79. The van der Waals surface area contributed by atoms with Crippen LogP contribution in [0.15, 0.2) is 0 Å². The number of nitrogens with zero attached hydrogens (tertiary/aromatic N) is 2. The van der Waals surface area contributed by atoms with Gasteiger partial charge in [0.2, 0.25) is 0 Å². The summed E-state index contributed by atoms with van der Waals surface area (Å²) in [7, 11) is 0. The van der Waals surface area contributed by atoms with E-state index in [1.165, 1.54) is 9.80 Å². The molecule has 7 heteroatoms.